The molecule has 0 saturated heterocycles. The van der Waals surface area contributed by atoms with Crippen molar-refractivity contribution in [2.75, 3.05) is 6.54 Å². The number of primary sulfonamides is 1. The number of alkyl halides is 4. The van der Waals surface area contributed by atoms with Crippen LogP contribution in [0.2, 0.25) is 0 Å². The van der Waals surface area contributed by atoms with E-state index in [0.717, 1.165) is 24.3 Å². The van der Waals surface area contributed by atoms with Gasteiger partial charge in [0.15, 0.2) is 0 Å². The summed E-state index contributed by atoms with van der Waals surface area (Å²) in [6.07, 6.45) is -4.02. The van der Waals surface area contributed by atoms with Crippen molar-refractivity contribution in [1.82, 2.24) is 4.72 Å². The average molecular weight is 350 g/mol. The van der Waals surface area contributed by atoms with Crippen LogP contribution in [0, 0.1) is 0 Å². The Morgan fingerprint density at radius 1 is 1.05 bits per heavy atom. The molecule has 21 heavy (non-hydrogen) atoms. The summed E-state index contributed by atoms with van der Waals surface area (Å²) < 4.78 is 95.5. The maximum absolute atomic E-state index is 12.6. The normalized spacial score (nSPS) is 13.6. The van der Waals surface area contributed by atoms with Crippen LogP contribution < -0.4 is 9.86 Å². The molecule has 12 heteroatoms. The molecule has 0 radical (unpaired) electrons. The van der Waals surface area contributed by atoms with Gasteiger partial charge in [-0.3, -0.25) is 0 Å². The molecular formula is C9H10F4N2O4S2. The molecule has 6 nitrogen and oxygen atoms in total. The fourth-order valence-electron chi connectivity index (χ4n) is 1.16. The van der Waals surface area contributed by atoms with Crippen LogP contribution in [0.15, 0.2) is 34.1 Å². The number of nitrogens with two attached hydrogens (primary N) is 1. The lowest BCUT2D eigenvalue weighted by Gasteiger charge is -2.15. The van der Waals surface area contributed by atoms with Gasteiger partial charge in [-0.05, 0) is 24.3 Å². The Hall–Kier alpha value is -1.24. The third-order valence-corrected chi connectivity index (χ3v) is 4.63. The Bertz CT molecular complexity index is 702. The minimum absolute atomic E-state index is 0.389. The molecule has 0 aliphatic carbocycles. The highest BCUT2D eigenvalue weighted by Crippen LogP contribution is 2.22. The van der Waals surface area contributed by atoms with E-state index in [4.69, 9.17) is 5.14 Å². The molecule has 0 heterocycles. The van der Waals surface area contributed by atoms with Crippen molar-refractivity contribution in [2.24, 2.45) is 5.14 Å². The molecule has 0 aromatic heterocycles. The van der Waals surface area contributed by atoms with E-state index in [9.17, 15) is 34.4 Å². The van der Waals surface area contributed by atoms with E-state index in [0.29, 0.717) is 0 Å². The molecule has 0 fully saturated rings. The van der Waals surface area contributed by atoms with E-state index in [1.807, 2.05) is 0 Å². The molecule has 0 unspecified atom stereocenters. The maximum Gasteiger partial charge on any atom is 0.320 e. The largest absolute Gasteiger partial charge is 0.320 e. The summed E-state index contributed by atoms with van der Waals surface area (Å²) in [4.78, 5) is -0.959. The molecule has 0 aliphatic rings. The SMILES string of the molecule is NS(=O)(=O)c1ccc(S(=O)(=O)NCC(F)(F)C(F)F)cc1. The molecule has 120 valence electrons. The highest BCUT2D eigenvalue weighted by Gasteiger charge is 2.41. The first-order chi connectivity index (χ1) is 9.36. The third kappa shape index (κ3) is 4.62. The Morgan fingerprint density at radius 2 is 1.48 bits per heavy atom. The Kier molecular flexibility index (Phi) is 4.98. The zero-order chi connectivity index (χ0) is 16.5. The number of hydrogen-bond acceptors (Lipinski definition) is 4. The lowest BCUT2D eigenvalue weighted by atomic mass is 10.4. The van der Waals surface area contributed by atoms with Gasteiger partial charge in [-0.15, -0.1) is 0 Å². The van der Waals surface area contributed by atoms with Gasteiger partial charge in [-0.25, -0.2) is 35.5 Å². The molecule has 0 atom stereocenters. The van der Waals surface area contributed by atoms with E-state index in [1.165, 1.54) is 4.72 Å². The Labute approximate surface area is 118 Å². The highest BCUT2D eigenvalue weighted by atomic mass is 32.2. The average Bonchev–Trinajstić information content (AvgIpc) is 2.36. The van der Waals surface area contributed by atoms with Gasteiger partial charge < -0.3 is 0 Å². The molecule has 1 aromatic carbocycles. The summed E-state index contributed by atoms with van der Waals surface area (Å²) in [5.41, 5.74) is 0. The van der Waals surface area contributed by atoms with Gasteiger partial charge in [0.25, 0.3) is 0 Å². The number of halogens is 4. The van der Waals surface area contributed by atoms with Crippen molar-refractivity contribution in [3.05, 3.63) is 24.3 Å². The van der Waals surface area contributed by atoms with Crippen molar-refractivity contribution in [1.29, 1.82) is 0 Å². The summed E-state index contributed by atoms with van der Waals surface area (Å²) in [6, 6.07) is 3.27. The van der Waals surface area contributed by atoms with Gasteiger partial charge in [-0.1, -0.05) is 0 Å². The summed E-state index contributed by atoms with van der Waals surface area (Å²) in [7, 11) is -8.53. The lowest BCUT2D eigenvalue weighted by Crippen LogP contribution is -2.41. The molecule has 0 saturated carbocycles. The molecule has 1 rings (SSSR count). The molecular weight excluding hydrogens is 340 g/mol. The topological polar surface area (TPSA) is 106 Å². The number of benzene rings is 1. The van der Waals surface area contributed by atoms with Crippen molar-refractivity contribution in [3.8, 4) is 0 Å². The summed E-state index contributed by atoms with van der Waals surface area (Å²) in [5.74, 6) is -4.52. The van der Waals surface area contributed by atoms with Crippen LogP contribution in [0.5, 0.6) is 0 Å². The van der Waals surface area contributed by atoms with E-state index in [-0.39, 0.29) is 4.90 Å². The first-order valence-corrected chi connectivity index (χ1v) is 8.18. The lowest BCUT2D eigenvalue weighted by molar-refractivity contribution is -0.122. The van der Waals surface area contributed by atoms with E-state index < -0.39 is 43.8 Å². The van der Waals surface area contributed by atoms with Gasteiger partial charge in [0.2, 0.25) is 20.0 Å². The fourth-order valence-corrected chi connectivity index (χ4v) is 2.72. The minimum atomic E-state index is -4.52. The van der Waals surface area contributed by atoms with E-state index in [1.54, 1.807) is 0 Å². The van der Waals surface area contributed by atoms with Crippen LogP contribution in [0.3, 0.4) is 0 Å². The monoisotopic (exact) mass is 350 g/mol. The van der Waals surface area contributed by atoms with Crippen LogP contribution in [-0.4, -0.2) is 35.7 Å². The smallest absolute Gasteiger partial charge is 0.225 e. The Balaban J connectivity index is 2.94. The summed E-state index contributed by atoms with van der Waals surface area (Å²) in [5, 5.41) is 4.79. The zero-order valence-corrected chi connectivity index (χ0v) is 11.8. The van der Waals surface area contributed by atoms with Crippen LogP contribution >= 0.6 is 0 Å². The van der Waals surface area contributed by atoms with Crippen LogP contribution in [0.1, 0.15) is 0 Å². The predicted molar refractivity (Wildman–Crippen MR) is 64.0 cm³/mol. The summed E-state index contributed by atoms with van der Waals surface area (Å²) in [6.45, 7) is -1.79. The zero-order valence-electron chi connectivity index (χ0n) is 10.1. The summed E-state index contributed by atoms with van der Waals surface area (Å²) >= 11 is 0. The number of rotatable bonds is 6. The fraction of sp³-hybridized carbons (Fsp3) is 0.333. The van der Waals surface area contributed by atoms with Gasteiger partial charge in [0, 0.05) is 0 Å². The van der Waals surface area contributed by atoms with Gasteiger partial charge in [0.05, 0.1) is 16.3 Å². The van der Waals surface area contributed by atoms with Crippen molar-refractivity contribution >= 4 is 20.0 Å². The number of sulfonamides is 2. The van der Waals surface area contributed by atoms with Crippen molar-refractivity contribution in [3.63, 3.8) is 0 Å². The van der Waals surface area contributed by atoms with Crippen molar-refractivity contribution < 1.29 is 34.4 Å². The van der Waals surface area contributed by atoms with E-state index >= 15 is 0 Å². The molecule has 0 bridgehead atoms. The molecule has 3 N–H and O–H groups in total. The van der Waals surface area contributed by atoms with Crippen LogP contribution in [0.25, 0.3) is 0 Å². The van der Waals surface area contributed by atoms with Gasteiger partial charge >= 0.3 is 12.3 Å². The van der Waals surface area contributed by atoms with E-state index in [2.05, 4.69) is 0 Å². The quantitative estimate of drug-likeness (QED) is 0.729. The first kappa shape index (κ1) is 17.8. The predicted octanol–water partition coefficient (Wildman–Crippen LogP) is 0.513. The second-order valence-electron chi connectivity index (χ2n) is 3.90. The second kappa shape index (κ2) is 5.87. The Morgan fingerprint density at radius 3 is 1.86 bits per heavy atom. The van der Waals surface area contributed by atoms with Crippen molar-refractivity contribution in [2.45, 2.75) is 22.1 Å². The third-order valence-electron chi connectivity index (χ3n) is 2.28. The highest BCUT2D eigenvalue weighted by molar-refractivity contribution is 7.89. The molecule has 1 aromatic rings. The minimum Gasteiger partial charge on any atom is -0.225 e. The van der Waals surface area contributed by atoms with Crippen LogP contribution in [-0.2, 0) is 20.0 Å². The van der Waals surface area contributed by atoms with Crippen LogP contribution in [0.4, 0.5) is 17.6 Å². The maximum atomic E-state index is 12.6. The van der Waals surface area contributed by atoms with Gasteiger partial charge in [-0.2, -0.15) is 8.78 Å². The molecule has 0 amide bonds. The van der Waals surface area contributed by atoms with Gasteiger partial charge in [0.1, 0.15) is 0 Å². The first-order valence-electron chi connectivity index (χ1n) is 5.15. The molecule has 0 spiro atoms. The number of nitrogens with one attached hydrogen (secondary N) is 1. The molecule has 0 aliphatic heterocycles. The standard InChI is InChI=1S/C9H10F4N2O4S2/c10-8(11)9(12,13)5-15-21(18,19)7-3-1-6(2-4-7)20(14,16)17/h1-4,8,15H,5H2,(H2,14,16,17). The number of hydrogen-bond donors (Lipinski definition) is 2. The second-order valence-corrected chi connectivity index (χ2v) is 7.23.